The SMILES string of the molecule is C=C(/C(C)=C\C(C)=C/C)N1CCN(C(=C)c2ccc(Cl)cc2N2CCCC2=O)CC1. The Morgan fingerprint density at radius 3 is 2.33 bits per heavy atom. The Hall–Kier alpha value is -2.46. The van der Waals surface area contributed by atoms with Gasteiger partial charge in [0.1, 0.15) is 0 Å². The molecule has 1 aromatic carbocycles. The molecule has 2 aliphatic rings. The van der Waals surface area contributed by atoms with Gasteiger partial charge in [-0.15, -0.1) is 0 Å². The zero-order chi connectivity index (χ0) is 21.8. The summed E-state index contributed by atoms with van der Waals surface area (Å²) >= 11 is 6.26. The van der Waals surface area contributed by atoms with Crippen LogP contribution in [0.5, 0.6) is 0 Å². The second kappa shape index (κ2) is 9.57. The number of benzene rings is 1. The fourth-order valence-corrected chi connectivity index (χ4v) is 4.22. The van der Waals surface area contributed by atoms with Gasteiger partial charge in [0, 0.05) is 61.1 Å². The predicted octanol–water partition coefficient (Wildman–Crippen LogP) is 5.48. The van der Waals surface area contributed by atoms with Crippen molar-refractivity contribution >= 4 is 28.9 Å². The molecule has 0 aromatic heterocycles. The highest BCUT2D eigenvalue weighted by atomic mass is 35.5. The van der Waals surface area contributed by atoms with Gasteiger partial charge in [-0.3, -0.25) is 4.79 Å². The summed E-state index contributed by atoms with van der Waals surface area (Å²) in [7, 11) is 0. The van der Waals surface area contributed by atoms with Crippen molar-refractivity contribution in [2.24, 2.45) is 0 Å². The zero-order valence-corrected chi connectivity index (χ0v) is 19.1. The van der Waals surface area contributed by atoms with Gasteiger partial charge < -0.3 is 14.7 Å². The van der Waals surface area contributed by atoms with Crippen molar-refractivity contribution in [3.63, 3.8) is 0 Å². The largest absolute Gasteiger partial charge is 0.368 e. The molecule has 0 spiro atoms. The lowest BCUT2D eigenvalue weighted by atomic mass is 10.1. The zero-order valence-electron chi connectivity index (χ0n) is 18.4. The third-order valence-corrected chi connectivity index (χ3v) is 6.27. The first-order chi connectivity index (χ1) is 14.3. The molecule has 2 aliphatic heterocycles. The Labute approximate surface area is 185 Å². The van der Waals surface area contributed by atoms with Gasteiger partial charge in [0.05, 0.1) is 5.69 Å². The highest BCUT2D eigenvalue weighted by Crippen LogP contribution is 2.34. The number of carbonyl (C=O) groups excluding carboxylic acids is 1. The number of carbonyl (C=O) groups is 1. The van der Waals surface area contributed by atoms with E-state index in [0.717, 1.165) is 61.8 Å². The molecular formula is C25H32ClN3O. The van der Waals surface area contributed by atoms with Crippen LogP contribution in [-0.2, 0) is 4.79 Å². The minimum Gasteiger partial charge on any atom is -0.368 e. The number of hydrogen-bond donors (Lipinski definition) is 0. The van der Waals surface area contributed by atoms with E-state index in [1.165, 1.54) is 11.1 Å². The molecule has 2 fully saturated rings. The van der Waals surface area contributed by atoms with Crippen molar-refractivity contribution in [2.75, 3.05) is 37.6 Å². The molecule has 1 amide bonds. The summed E-state index contributed by atoms with van der Waals surface area (Å²) in [5.74, 6) is 0.158. The molecule has 0 unspecified atom stereocenters. The van der Waals surface area contributed by atoms with Gasteiger partial charge in [-0.05, 0) is 51.0 Å². The van der Waals surface area contributed by atoms with Crippen molar-refractivity contribution in [3.8, 4) is 0 Å². The molecule has 0 N–H and O–H groups in total. The highest BCUT2D eigenvalue weighted by molar-refractivity contribution is 6.31. The van der Waals surface area contributed by atoms with E-state index in [-0.39, 0.29) is 5.91 Å². The summed E-state index contributed by atoms with van der Waals surface area (Å²) in [5.41, 5.74) is 6.34. The van der Waals surface area contributed by atoms with Crippen molar-refractivity contribution in [1.82, 2.24) is 9.80 Å². The molecule has 0 bridgehead atoms. The summed E-state index contributed by atoms with van der Waals surface area (Å²) in [6.45, 7) is 19.2. The van der Waals surface area contributed by atoms with Gasteiger partial charge in [0.25, 0.3) is 0 Å². The Balaban J connectivity index is 1.71. The number of hydrogen-bond acceptors (Lipinski definition) is 3. The molecule has 1 aromatic rings. The van der Waals surface area contributed by atoms with E-state index < -0.39 is 0 Å². The maximum atomic E-state index is 12.3. The Morgan fingerprint density at radius 2 is 1.73 bits per heavy atom. The molecule has 160 valence electrons. The quantitative estimate of drug-likeness (QED) is 0.564. The smallest absolute Gasteiger partial charge is 0.227 e. The normalized spacial score (nSPS) is 18.3. The first kappa shape index (κ1) is 22.2. The van der Waals surface area contributed by atoms with E-state index in [4.69, 9.17) is 11.6 Å². The summed E-state index contributed by atoms with van der Waals surface area (Å²) in [6.07, 6.45) is 5.77. The summed E-state index contributed by atoms with van der Waals surface area (Å²) in [5, 5.41) is 0.640. The maximum absolute atomic E-state index is 12.3. The van der Waals surface area contributed by atoms with Gasteiger partial charge >= 0.3 is 0 Å². The Morgan fingerprint density at radius 1 is 1.07 bits per heavy atom. The van der Waals surface area contributed by atoms with Crippen LogP contribution in [0.25, 0.3) is 5.70 Å². The van der Waals surface area contributed by atoms with Crippen molar-refractivity contribution in [2.45, 2.75) is 33.6 Å². The Kier molecular flexibility index (Phi) is 7.09. The van der Waals surface area contributed by atoms with E-state index in [2.05, 4.69) is 49.0 Å². The van der Waals surface area contributed by atoms with Crippen molar-refractivity contribution in [1.29, 1.82) is 0 Å². The van der Waals surface area contributed by atoms with Gasteiger partial charge in [-0.2, -0.15) is 0 Å². The van der Waals surface area contributed by atoms with Crippen LogP contribution in [0.2, 0.25) is 5.02 Å². The molecule has 0 radical (unpaired) electrons. The third kappa shape index (κ3) is 4.81. The fourth-order valence-electron chi connectivity index (χ4n) is 4.05. The maximum Gasteiger partial charge on any atom is 0.227 e. The van der Waals surface area contributed by atoms with Crippen LogP contribution in [0, 0.1) is 0 Å². The second-order valence-electron chi connectivity index (χ2n) is 8.04. The molecule has 0 saturated carbocycles. The van der Waals surface area contributed by atoms with E-state index in [0.29, 0.717) is 11.4 Å². The molecular weight excluding hydrogens is 394 g/mol. The monoisotopic (exact) mass is 425 g/mol. The van der Waals surface area contributed by atoms with Crippen LogP contribution in [-0.4, -0.2) is 48.4 Å². The first-order valence-corrected chi connectivity index (χ1v) is 11.0. The van der Waals surface area contributed by atoms with Gasteiger partial charge in [0.15, 0.2) is 0 Å². The number of allylic oxidation sites excluding steroid dienone is 4. The number of piperazine rings is 1. The van der Waals surface area contributed by atoms with Crippen LogP contribution >= 0.6 is 11.6 Å². The van der Waals surface area contributed by atoms with Crippen LogP contribution < -0.4 is 4.90 Å². The number of halogens is 1. The second-order valence-corrected chi connectivity index (χ2v) is 8.47. The minimum atomic E-state index is 0.158. The van der Waals surface area contributed by atoms with Gasteiger partial charge in [-0.1, -0.05) is 42.5 Å². The van der Waals surface area contributed by atoms with E-state index >= 15 is 0 Å². The molecule has 3 rings (SSSR count). The molecule has 2 saturated heterocycles. The fraction of sp³-hybridized carbons (Fsp3) is 0.400. The topological polar surface area (TPSA) is 26.8 Å². The van der Waals surface area contributed by atoms with Crippen LogP contribution in [0.15, 0.2) is 60.4 Å². The number of amides is 1. The van der Waals surface area contributed by atoms with Crippen LogP contribution in [0.3, 0.4) is 0 Å². The number of anilines is 1. The first-order valence-electron chi connectivity index (χ1n) is 10.6. The average Bonchev–Trinajstić information content (AvgIpc) is 3.18. The summed E-state index contributed by atoms with van der Waals surface area (Å²) in [4.78, 5) is 18.8. The molecule has 2 heterocycles. The molecule has 0 atom stereocenters. The van der Waals surface area contributed by atoms with Gasteiger partial charge in [-0.25, -0.2) is 0 Å². The predicted molar refractivity (Wildman–Crippen MR) is 128 cm³/mol. The minimum absolute atomic E-state index is 0.158. The summed E-state index contributed by atoms with van der Waals surface area (Å²) < 4.78 is 0. The summed E-state index contributed by atoms with van der Waals surface area (Å²) in [6, 6.07) is 5.76. The van der Waals surface area contributed by atoms with Crippen LogP contribution in [0.4, 0.5) is 5.69 Å². The van der Waals surface area contributed by atoms with E-state index in [9.17, 15) is 4.79 Å². The third-order valence-electron chi connectivity index (χ3n) is 6.03. The standard InChI is InChI=1S/C25H32ClN3O/c1-6-18(2)16-19(3)20(4)27-12-14-28(15-13-27)21(5)23-10-9-22(26)17-24(23)29-11-7-8-25(29)30/h6,9-10,16-17H,4-5,7-8,11-15H2,1-3H3/b18-6-,19-16-. The Bertz CT molecular complexity index is 907. The molecule has 5 heteroatoms. The lowest BCUT2D eigenvalue weighted by molar-refractivity contribution is -0.117. The molecule has 4 nitrogen and oxygen atoms in total. The van der Waals surface area contributed by atoms with Gasteiger partial charge in [0.2, 0.25) is 5.91 Å². The molecule has 30 heavy (non-hydrogen) atoms. The lowest BCUT2D eigenvalue weighted by Crippen LogP contribution is -2.44. The lowest BCUT2D eigenvalue weighted by Gasteiger charge is -2.39. The van der Waals surface area contributed by atoms with E-state index in [1.807, 2.05) is 30.0 Å². The van der Waals surface area contributed by atoms with Crippen molar-refractivity contribution < 1.29 is 4.79 Å². The number of nitrogens with zero attached hydrogens (tertiary/aromatic N) is 3. The number of rotatable bonds is 6. The van der Waals surface area contributed by atoms with E-state index in [1.54, 1.807) is 0 Å². The van der Waals surface area contributed by atoms with Crippen molar-refractivity contribution in [3.05, 3.63) is 70.9 Å². The highest BCUT2D eigenvalue weighted by Gasteiger charge is 2.27. The van der Waals surface area contributed by atoms with Crippen LogP contribution in [0.1, 0.15) is 39.2 Å². The average molecular weight is 426 g/mol. The molecule has 0 aliphatic carbocycles.